The van der Waals surface area contributed by atoms with Crippen molar-refractivity contribution >= 4 is 17.3 Å². The predicted octanol–water partition coefficient (Wildman–Crippen LogP) is 2.98. The minimum atomic E-state index is 0.595. The summed E-state index contributed by atoms with van der Waals surface area (Å²) in [6.07, 6.45) is 5.06. The number of aromatic nitrogens is 1. The molecule has 1 saturated heterocycles. The van der Waals surface area contributed by atoms with Crippen LogP contribution in [-0.2, 0) is 6.42 Å². The summed E-state index contributed by atoms with van der Waals surface area (Å²) in [7, 11) is 0. The maximum atomic E-state index is 4.78. The van der Waals surface area contributed by atoms with E-state index >= 15 is 0 Å². The molecule has 0 radical (unpaired) electrons. The van der Waals surface area contributed by atoms with Gasteiger partial charge in [-0.1, -0.05) is 13.3 Å². The van der Waals surface area contributed by atoms with Crippen molar-refractivity contribution in [2.24, 2.45) is 10.9 Å². The molecule has 142 valence electrons. The molecule has 1 unspecified atom stereocenters. The number of hydrogen-bond acceptors (Lipinski definition) is 4. The van der Waals surface area contributed by atoms with Crippen LogP contribution in [0.15, 0.2) is 4.99 Å². The van der Waals surface area contributed by atoms with E-state index < -0.39 is 0 Å². The van der Waals surface area contributed by atoms with Crippen molar-refractivity contribution in [2.75, 3.05) is 39.3 Å². The van der Waals surface area contributed by atoms with Crippen LogP contribution in [0.25, 0.3) is 0 Å². The Hall–Kier alpha value is -1.14. The van der Waals surface area contributed by atoms with E-state index in [-0.39, 0.29) is 0 Å². The van der Waals surface area contributed by atoms with Gasteiger partial charge in [0, 0.05) is 37.5 Å². The first kappa shape index (κ1) is 20.2. The number of rotatable bonds is 8. The number of aliphatic imine (C=N–C) groups is 1. The lowest BCUT2D eigenvalue weighted by molar-refractivity contribution is 0.203. The number of piperidine rings is 1. The standard InChI is InChI=1S/C19H35N5S/c1-5-20-19(21-10-9-18-23-16(3)17(4)25-18)22-13-15(2)14-24-11-7-6-8-12-24/h15H,5-14H2,1-4H3,(H2,20,21,22). The molecule has 1 aromatic heterocycles. The van der Waals surface area contributed by atoms with Crippen molar-refractivity contribution < 1.29 is 0 Å². The van der Waals surface area contributed by atoms with E-state index in [0.29, 0.717) is 5.92 Å². The molecule has 2 rings (SSSR count). The minimum absolute atomic E-state index is 0.595. The van der Waals surface area contributed by atoms with Crippen LogP contribution in [0.2, 0.25) is 0 Å². The lowest BCUT2D eigenvalue weighted by Gasteiger charge is -2.28. The highest BCUT2D eigenvalue weighted by atomic mass is 32.1. The van der Waals surface area contributed by atoms with Gasteiger partial charge >= 0.3 is 0 Å². The zero-order valence-corrected chi connectivity index (χ0v) is 17.2. The Morgan fingerprint density at radius 2 is 2.00 bits per heavy atom. The molecule has 1 aromatic rings. The highest BCUT2D eigenvalue weighted by Gasteiger charge is 2.13. The highest BCUT2D eigenvalue weighted by Crippen LogP contribution is 2.16. The first-order chi connectivity index (χ1) is 12.1. The summed E-state index contributed by atoms with van der Waals surface area (Å²) in [6, 6.07) is 0. The van der Waals surface area contributed by atoms with Crippen molar-refractivity contribution in [3.63, 3.8) is 0 Å². The molecule has 2 heterocycles. The van der Waals surface area contributed by atoms with Crippen LogP contribution in [0.5, 0.6) is 0 Å². The smallest absolute Gasteiger partial charge is 0.191 e. The Bertz CT molecular complexity index is 514. The topological polar surface area (TPSA) is 52.6 Å². The van der Waals surface area contributed by atoms with Gasteiger partial charge in [0.15, 0.2) is 5.96 Å². The monoisotopic (exact) mass is 365 g/mol. The van der Waals surface area contributed by atoms with Crippen molar-refractivity contribution in [3.8, 4) is 0 Å². The van der Waals surface area contributed by atoms with Crippen LogP contribution >= 0.6 is 11.3 Å². The van der Waals surface area contributed by atoms with E-state index in [2.05, 4.69) is 48.2 Å². The van der Waals surface area contributed by atoms with Gasteiger partial charge < -0.3 is 15.5 Å². The minimum Gasteiger partial charge on any atom is -0.357 e. The fourth-order valence-corrected chi connectivity index (χ4v) is 4.10. The summed E-state index contributed by atoms with van der Waals surface area (Å²) in [5.74, 6) is 1.52. The van der Waals surface area contributed by atoms with E-state index in [9.17, 15) is 0 Å². The number of hydrogen-bond donors (Lipinski definition) is 2. The van der Waals surface area contributed by atoms with Gasteiger partial charge in [-0.05, 0) is 52.6 Å². The van der Waals surface area contributed by atoms with Crippen molar-refractivity contribution in [1.82, 2.24) is 20.5 Å². The summed E-state index contributed by atoms with van der Waals surface area (Å²) in [5, 5.41) is 8.01. The third-order valence-corrected chi connectivity index (χ3v) is 5.76. The SMILES string of the molecule is CCNC(=NCC(C)CN1CCCCC1)NCCc1nc(C)c(C)s1. The van der Waals surface area contributed by atoms with Crippen molar-refractivity contribution in [2.45, 2.75) is 53.4 Å². The van der Waals surface area contributed by atoms with E-state index in [4.69, 9.17) is 4.99 Å². The summed E-state index contributed by atoms with van der Waals surface area (Å²) >= 11 is 1.80. The third-order valence-electron chi connectivity index (χ3n) is 4.63. The van der Waals surface area contributed by atoms with Crippen LogP contribution in [-0.4, -0.2) is 55.1 Å². The van der Waals surface area contributed by atoms with Gasteiger partial charge in [0.1, 0.15) is 0 Å². The first-order valence-corrected chi connectivity index (χ1v) is 10.6. The van der Waals surface area contributed by atoms with Gasteiger partial charge in [-0.25, -0.2) is 4.98 Å². The number of nitrogens with zero attached hydrogens (tertiary/aromatic N) is 3. The molecule has 1 aliphatic rings. The van der Waals surface area contributed by atoms with Gasteiger partial charge in [-0.15, -0.1) is 11.3 Å². The van der Waals surface area contributed by atoms with Crippen LogP contribution < -0.4 is 10.6 Å². The molecule has 1 atom stereocenters. The number of guanidine groups is 1. The average molecular weight is 366 g/mol. The Morgan fingerprint density at radius 3 is 2.64 bits per heavy atom. The van der Waals surface area contributed by atoms with E-state index in [1.165, 1.54) is 48.8 Å². The van der Waals surface area contributed by atoms with E-state index in [0.717, 1.165) is 37.7 Å². The second kappa shape index (κ2) is 10.8. The van der Waals surface area contributed by atoms with Crippen LogP contribution in [0, 0.1) is 19.8 Å². The molecule has 1 aliphatic heterocycles. The Balaban J connectivity index is 1.74. The van der Waals surface area contributed by atoms with Gasteiger partial charge in [0.25, 0.3) is 0 Å². The van der Waals surface area contributed by atoms with Crippen molar-refractivity contribution in [3.05, 3.63) is 15.6 Å². The van der Waals surface area contributed by atoms with Gasteiger partial charge in [-0.3, -0.25) is 4.99 Å². The second-order valence-corrected chi connectivity index (χ2v) is 8.40. The molecule has 25 heavy (non-hydrogen) atoms. The van der Waals surface area contributed by atoms with Gasteiger partial charge in [0.2, 0.25) is 0 Å². The molecule has 0 aliphatic carbocycles. The quantitative estimate of drug-likeness (QED) is 0.549. The first-order valence-electron chi connectivity index (χ1n) is 9.76. The Morgan fingerprint density at radius 1 is 1.24 bits per heavy atom. The molecule has 0 saturated carbocycles. The number of thiazole rings is 1. The fourth-order valence-electron chi connectivity index (χ4n) is 3.16. The molecule has 1 fully saturated rings. The number of likely N-dealkylation sites (tertiary alicyclic amines) is 1. The largest absolute Gasteiger partial charge is 0.357 e. The Labute approximate surface area is 157 Å². The zero-order chi connectivity index (χ0) is 18.1. The third kappa shape index (κ3) is 7.32. The lowest BCUT2D eigenvalue weighted by atomic mass is 10.1. The predicted molar refractivity (Wildman–Crippen MR) is 109 cm³/mol. The highest BCUT2D eigenvalue weighted by molar-refractivity contribution is 7.11. The molecule has 6 heteroatoms. The van der Waals surface area contributed by atoms with Crippen molar-refractivity contribution in [1.29, 1.82) is 0 Å². The normalized spacial score (nSPS) is 17.5. The second-order valence-electron chi connectivity index (χ2n) is 7.11. The number of nitrogens with one attached hydrogen (secondary N) is 2. The Kier molecular flexibility index (Phi) is 8.68. The molecule has 0 amide bonds. The van der Waals surface area contributed by atoms with Gasteiger partial charge in [0.05, 0.1) is 10.7 Å². The molecular formula is C19H35N5S. The van der Waals surface area contributed by atoms with Crippen LogP contribution in [0.4, 0.5) is 0 Å². The molecule has 5 nitrogen and oxygen atoms in total. The molecular weight excluding hydrogens is 330 g/mol. The molecule has 2 N–H and O–H groups in total. The fraction of sp³-hybridized carbons (Fsp3) is 0.789. The lowest BCUT2D eigenvalue weighted by Crippen LogP contribution is -2.39. The van der Waals surface area contributed by atoms with Crippen LogP contribution in [0.3, 0.4) is 0 Å². The number of aryl methyl sites for hydroxylation is 2. The summed E-state index contributed by atoms with van der Waals surface area (Å²) in [5.41, 5.74) is 1.16. The van der Waals surface area contributed by atoms with E-state index in [1.54, 1.807) is 11.3 Å². The summed E-state index contributed by atoms with van der Waals surface area (Å²) in [6.45, 7) is 15.0. The van der Waals surface area contributed by atoms with E-state index in [1.807, 2.05) is 0 Å². The summed E-state index contributed by atoms with van der Waals surface area (Å²) in [4.78, 5) is 13.3. The average Bonchev–Trinajstić information content (AvgIpc) is 2.91. The zero-order valence-electron chi connectivity index (χ0n) is 16.4. The maximum absolute atomic E-state index is 4.78. The molecule has 0 bridgehead atoms. The summed E-state index contributed by atoms with van der Waals surface area (Å²) < 4.78 is 0. The van der Waals surface area contributed by atoms with Crippen LogP contribution in [0.1, 0.15) is 48.7 Å². The van der Waals surface area contributed by atoms with Gasteiger partial charge in [-0.2, -0.15) is 0 Å². The maximum Gasteiger partial charge on any atom is 0.191 e. The molecule has 0 aromatic carbocycles. The molecule has 0 spiro atoms.